The molecular formula is C21H26N4O2. The summed E-state index contributed by atoms with van der Waals surface area (Å²) in [5.41, 5.74) is 2.55. The second-order valence-electron chi connectivity index (χ2n) is 7.17. The van der Waals surface area contributed by atoms with Crippen LogP contribution in [0.5, 0.6) is 0 Å². The van der Waals surface area contributed by atoms with Crippen LogP contribution < -0.4 is 5.32 Å². The lowest BCUT2D eigenvalue weighted by Crippen LogP contribution is -2.32. The minimum absolute atomic E-state index is 0.0626. The fourth-order valence-corrected chi connectivity index (χ4v) is 3.66. The van der Waals surface area contributed by atoms with Crippen LogP contribution in [0.15, 0.2) is 53.3 Å². The summed E-state index contributed by atoms with van der Waals surface area (Å²) in [5, 5.41) is 7.62. The van der Waals surface area contributed by atoms with Gasteiger partial charge in [0.25, 0.3) is 0 Å². The van der Waals surface area contributed by atoms with Crippen LogP contribution in [-0.4, -0.2) is 27.9 Å². The lowest BCUT2D eigenvalue weighted by molar-refractivity contribution is 0.0485. The van der Waals surface area contributed by atoms with Crippen LogP contribution in [0.4, 0.5) is 0 Å². The lowest BCUT2D eigenvalue weighted by atomic mass is 9.91. The fourth-order valence-electron chi connectivity index (χ4n) is 3.66. The highest BCUT2D eigenvalue weighted by atomic mass is 16.5. The number of rotatable bonds is 7. The van der Waals surface area contributed by atoms with Crippen LogP contribution >= 0.6 is 0 Å². The topological polar surface area (TPSA) is 65.1 Å². The van der Waals surface area contributed by atoms with Crippen LogP contribution in [0.1, 0.15) is 41.7 Å². The quantitative estimate of drug-likeness (QED) is 0.693. The number of aryl methyl sites for hydroxylation is 1. The Morgan fingerprint density at radius 3 is 2.70 bits per heavy atom. The zero-order valence-electron chi connectivity index (χ0n) is 15.7. The van der Waals surface area contributed by atoms with Gasteiger partial charge in [0.1, 0.15) is 0 Å². The van der Waals surface area contributed by atoms with Crippen molar-refractivity contribution in [3.63, 3.8) is 0 Å². The van der Waals surface area contributed by atoms with Gasteiger partial charge in [0.2, 0.25) is 5.89 Å². The Morgan fingerprint density at radius 1 is 1.15 bits per heavy atom. The largest absolute Gasteiger partial charge is 0.381 e. The number of aromatic nitrogens is 3. The van der Waals surface area contributed by atoms with Gasteiger partial charge >= 0.3 is 0 Å². The van der Waals surface area contributed by atoms with Gasteiger partial charge in [0.05, 0.1) is 6.04 Å². The molecule has 1 saturated heterocycles. The predicted molar refractivity (Wildman–Crippen MR) is 102 cm³/mol. The van der Waals surface area contributed by atoms with Gasteiger partial charge in [0, 0.05) is 38.7 Å². The van der Waals surface area contributed by atoms with E-state index in [-0.39, 0.29) is 6.04 Å². The van der Waals surface area contributed by atoms with E-state index in [9.17, 15) is 0 Å². The molecule has 0 aliphatic carbocycles. The molecular weight excluding hydrogens is 340 g/mol. The van der Waals surface area contributed by atoms with Crippen molar-refractivity contribution >= 4 is 0 Å². The van der Waals surface area contributed by atoms with Crippen molar-refractivity contribution in [1.29, 1.82) is 0 Å². The van der Waals surface area contributed by atoms with Gasteiger partial charge in [-0.3, -0.25) is 0 Å². The Kier molecular flexibility index (Phi) is 5.65. The van der Waals surface area contributed by atoms with E-state index in [1.54, 1.807) is 0 Å². The summed E-state index contributed by atoms with van der Waals surface area (Å²) in [6, 6.07) is 12.7. The molecule has 0 saturated carbocycles. The van der Waals surface area contributed by atoms with E-state index in [4.69, 9.17) is 9.26 Å². The Bertz CT molecular complexity index is 837. The Morgan fingerprint density at radius 2 is 1.96 bits per heavy atom. The van der Waals surface area contributed by atoms with Crippen LogP contribution in [0.2, 0.25) is 0 Å². The second-order valence-corrected chi connectivity index (χ2v) is 7.17. The van der Waals surface area contributed by atoms with E-state index in [1.165, 1.54) is 11.1 Å². The van der Waals surface area contributed by atoms with E-state index in [0.29, 0.717) is 17.6 Å². The first-order valence-electron chi connectivity index (χ1n) is 9.58. The van der Waals surface area contributed by atoms with E-state index >= 15 is 0 Å². The van der Waals surface area contributed by atoms with E-state index in [2.05, 4.69) is 62.8 Å². The van der Waals surface area contributed by atoms with E-state index < -0.39 is 0 Å². The summed E-state index contributed by atoms with van der Waals surface area (Å²) < 4.78 is 13.2. The molecule has 2 aromatic heterocycles. The Hall–Kier alpha value is -2.44. The van der Waals surface area contributed by atoms with Crippen molar-refractivity contribution in [2.45, 2.75) is 38.9 Å². The molecule has 0 amide bonds. The Balaban J connectivity index is 1.41. The zero-order chi connectivity index (χ0) is 18.5. The van der Waals surface area contributed by atoms with E-state index in [0.717, 1.165) is 39.1 Å². The molecule has 142 valence electrons. The molecule has 1 aliphatic heterocycles. The molecule has 1 aromatic carbocycles. The maximum Gasteiger partial charge on any atom is 0.244 e. The fraction of sp³-hybridized carbons (Fsp3) is 0.429. The zero-order valence-corrected chi connectivity index (χ0v) is 15.7. The highest BCUT2D eigenvalue weighted by Crippen LogP contribution is 2.29. The van der Waals surface area contributed by atoms with Gasteiger partial charge < -0.3 is 19.1 Å². The molecule has 27 heavy (non-hydrogen) atoms. The molecule has 1 atom stereocenters. The first kappa shape index (κ1) is 17.9. The highest BCUT2D eigenvalue weighted by molar-refractivity contribution is 5.17. The van der Waals surface area contributed by atoms with Gasteiger partial charge in [-0.1, -0.05) is 35.5 Å². The summed E-state index contributed by atoms with van der Waals surface area (Å²) in [6.45, 7) is 5.10. The van der Waals surface area contributed by atoms with Crippen molar-refractivity contribution in [3.8, 4) is 0 Å². The maximum absolute atomic E-state index is 5.52. The molecule has 1 N–H and O–H groups in total. The van der Waals surface area contributed by atoms with E-state index in [1.807, 2.05) is 13.0 Å². The second kappa shape index (κ2) is 8.50. The molecule has 6 nitrogen and oxygen atoms in total. The molecule has 0 bridgehead atoms. The first-order valence-corrected chi connectivity index (χ1v) is 9.58. The third-order valence-corrected chi connectivity index (χ3v) is 5.09. The van der Waals surface area contributed by atoms with Crippen LogP contribution in [0, 0.1) is 12.8 Å². The molecule has 6 heteroatoms. The number of nitrogens with zero attached hydrogens (tertiary/aromatic N) is 3. The van der Waals surface area contributed by atoms with Crippen molar-refractivity contribution in [3.05, 3.63) is 71.6 Å². The van der Waals surface area contributed by atoms with Gasteiger partial charge in [-0.2, -0.15) is 4.98 Å². The molecule has 0 radical (unpaired) electrons. The smallest absolute Gasteiger partial charge is 0.244 e. The monoisotopic (exact) mass is 366 g/mol. The standard InChI is InChI=1S/C21H26N4O2/c1-16-23-21(27-24-16)20(19-8-11-26-12-9-19)22-13-18-7-10-25(15-18)14-17-5-3-2-4-6-17/h2-7,10,15,19-20,22H,8-9,11-14H2,1H3. The summed E-state index contributed by atoms with van der Waals surface area (Å²) in [6.07, 6.45) is 6.34. The Labute approximate surface area is 159 Å². The average Bonchev–Trinajstić information content (AvgIpc) is 3.33. The van der Waals surface area contributed by atoms with Crippen LogP contribution in [0.3, 0.4) is 0 Å². The highest BCUT2D eigenvalue weighted by Gasteiger charge is 2.29. The SMILES string of the molecule is Cc1noc(C(NCc2ccn(Cc3ccccc3)c2)C2CCOCC2)n1. The third kappa shape index (κ3) is 4.64. The van der Waals surface area contributed by atoms with Crippen molar-refractivity contribution in [1.82, 2.24) is 20.0 Å². The summed E-state index contributed by atoms with van der Waals surface area (Å²) in [4.78, 5) is 4.47. The van der Waals surface area contributed by atoms with Gasteiger partial charge in [-0.15, -0.1) is 0 Å². The molecule has 4 rings (SSSR count). The minimum atomic E-state index is 0.0626. The van der Waals surface area contributed by atoms with Crippen LogP contribution in [0.25, 0.3) is 0 Å². The third-order valence-electron chi connectivity index (χ3n) is 5.09. The predicted octanol–water partition coefficient (Wildman–Crippen LogP) is 3.49. The minimum Gasteiger partial charge on any atom is -0.381 e. The molecule has 3 heterocycles. The van der Waals surface area contributed by atoms with Gasteiger partial charge in [-0.05, 0) is 42.9 Å². The number of benzene rings is 1. The molecule has 1 fully saturated rings. The molecule has 1 unspecified atom stereocenters. The lowest BCUT2D eigenvalue weighted by Gasteiger charge is -2.28. The van der Waals surface area contributed by atoms with Crippen molar-refractivity contribution < 1.29 is 9.26 Å². The average molecular weight is 366 g/mol. The molecule has 0 spiro atoms. The van der Waals surface area contributed by atoms with Crippen LogP contribution in [-0.2, 0) is 17.8 Å². The first-order chi connectivity index (χ1) is 13.3. The summed E-state index contributed by atoms with van der Waals surface area (Å²) in [7, 11) is 0. The summed E-state index contributed by atoms with van der Waals surface area (Å²) >= 11 is 0. The van der Waals surface area contributed by atoms with Gasteiger partial charge in [0.15, 0.2) is 5.82 Å². The molecule has 1 aliphatic rings. The number of hydrogen-bond donors (Lipinski definition) is 1. The number of hydrogen-bond acceptors (Lipinski definition) is 5. The number of nitrogens with one attached hydrogen (secondary N) is 1. The van der Waals surface area contributed by atoms with Crippen molar-refractivity contribution in [2.75, 3.05) is 13.2 Å². The van der Waals surface area contributed by atoms with Crippen molar-refractivity contribution in [2.24, 2.45) is 5.92 Å². The van der Waals surface area contributed by atoms with Gasteiger partial charge in [-0.25, -0.2) is 0 Å². The molecule has 3 aromatic rings. The number of ether oxygens (including phenoxy) is 1. The summed E-state index contributed by atoms with van der Waals surface area (Å²) in [5.74, 6) is 1.81. The maximum atomic E-state index is 5.52. The normalized spacial score (nSPS) is 16.5.